The van der Waals surface area contributed by atoms with Gasteiger partial charge in [-0.25, -0.2) is 14.5 Å². The summed E-state index contributed by atoms with van der Waals surface area (Å²) in [5, 5.41) is 8.62. The van der Waals surface area contributed by atoms with Gasteiger partial charge in [-0.05, 0) is 18.1 Å². The summed E-state index contributed by atoms with van der Waals surface area (Å²) < 4.78 is 1.99. The highest BCUT2D eigenvalue weighted by atomic mass is 16.2. The number of benzene rings is 1. The average Bonchev–Trinajstić information content (AvgIpc) is 2.62. The molecule has 0 fully saturated rings. The molecule has 1 aromatic carbocycles. The molecule has 9 nitrogen and oxygen atoms in total. The summed E-state index contributed by atoms with van der Waals surface area (Å²) in [6, 6.07) is 7.36. The highest BCUT2D eigenvalue weighted by molar-refractivity contribution is 6.42. The van der Waals surface area contributed by atoms with E-state index in [0.717, 1.165) is 25.4 Å². The standard InChI is InChI=1S/C17H17N5O4/c1-10-6-4-5-7-11(10)9-22-15(24)13(19-21(3)17(22)26)12-8-18-20(2)16(25)14(12)23/h4-8,12H,9H2,1-3H3. The Bertz CT molecular complexity index is 1050. The minimum absolute atomic E-state index is 0.0413. The molecule has 0 saturated carbocycles. The Labute approximate surface area is 148 Å². The number of carbonyl (C=O) groups is 2. The second-order valence-corrected chi connectivity index (χ2v) is 6.04. The molecule has 134 valence electrons. The lowest BCUT2D eigenvalue weighted by molar-refractivity contribution is -0.144. The van der Waals surface area contributed by atoms with Gasteiger partial charge in [0.25, 0.3) is 5.56 Å². The first kappa shape index (κ1) is 17.5. The van der Waals surface area contributed by atoms with Crippen LogP contribution < -0.4 is 11.2 Å². The highest BCUT2D eigenvalue weighted by Crippen LogP contribution is 2.14. The molecular weight excluding hydrogens is 338 g/mol. The smallest absolute Gasteiger partial charge is 0.287 e. The topological polar surface area (TPSA) is 107 Å². The van der Waals surface area contributed by atoms with E-state index in [1.807, 2.05) is 31.2 Å². The van der Waals surface area contributed by atoms with Crippen LogP contribution in [0, 0.1) is 6.92 Å². The van der Waals surface area contributed by atoms with Crippen molar-refractivity contribution in [1.29, 1.82) is 0 Å². The second kappa shape index (κ2) is 6.51. The number of rotatable bonds is 3. The summed E-state index contributed by atoms with van der Waals surface area (Å²) in [6.07, 6.45) is 1.19. The molecule has 0 N–H and O–H groups in total. The summed E-state index contributed by atoms with van der Waals surface area (Å²) in [6.45, 7) is 1.92. The van der Waals surface area contributed by atoms with Crippen LogP contribution in [0.3, 0.4) is 0 Å². The summed E-state index contributed by atoms with van der Waals surface area (Å²) >= 11 is 0. The van der Waals surface area contributed by atoms with Crippen LogP contribution in [0.5, 0.6) is 0 Å². The lowest BCUT2D eigenvalue weighted by Gasteiger charge is -2.20. The van der Waals surface area contributed by atoms with E-state index < -0.39 is 28.9 Å². The third-order valence-corrected chi connectivity index (χ3v) is 4.29. The van der Waals surface area contributed by atoms with Gasteiger partial charge in [-0.1, -0.05) is 24.3 Å². The molecule has 0 aliphatic carbocycles. The van der Waals surface area contributed by atoms with Gasteiger partial charge < -0.3 is 0 Å². The zero-order chi connectivity index (χ0) is 19.0. The molecule has 0 radical (unpaired) electrons. The van der Waals surface area contributed by atoms with Crippen LogP contribution in [0.15, 0.2) is 39.0 Å². The summed E-state index contributed by atoms with van der Waals surface area (Å²) in [5.74, 6) is -2.85. The SMILES string of the molecule is Cc1ccccc1Cn1c(=O)c(C2C=NN(C)C(=O)C2=O)nn(C)c1=O. The van der Waals surface area contributed by atoms with Crippen LogP contribution >= 0.6 is 0 Å². The lowest BCUT2D eigenvalue weighted by Crippen LogP contribution is -2.47. The van der Waals surface area contributed by atoms with Gasteiger partial charge >= 0.3 is 11.6 Å². The number of likely N-dealkylation sites (N-methyl/N-ethyl adjacent to an activating group) is 1. The number of aryl methyl sites for hydroxylation is 2. The van der Waals surface area contributed by atoms with Gasteiger partial charge in [-0.2, -0.15) is 10.2 Å². The van der Waals surface area contributed by atoms with Gasteiger partial charge in [0.05, 0.1) is 6.54 Å². The van der Waals surface area contributed by atoms with E-state index in [1.54, 1.807) is 0 Å². The molecule has 1 aliphatic rings. The zero-order valence-corrected chi connectivity index (χ0v) is 14.5. The number of aromatic nitrogens is 3. The fourth-order valence-corrected chi connectivity index (χ4v) is 2.71. The molecule has 2 aromatic rings. The molecule has 1 aromatic heterocycles. The van der Waals surface area contributed by atoms with Gasteiger partial charge in [0, 0.05) is 20.3 Å². The van der Waals surface area contributed by atoms with Crippen molar-refractivity contribution in [1.82, 2.24) is 19.4 Å². The van der Waals surface area contributed by atoms with E-state index in [2.05, 4.69) is 10.2 Å². The minimum Gasteiger partial charge on any atom is -0.287 e. The van der Waals surface area contributed by atoms with Crippen LogP contribution in [0.4, 0.5) is 0 Å². The van der Waals surface area contributed by atoms with Crippen molar-refractivity contribution in [2.45, 2.75) is 19.4 Å². The van der Waals surface area contributed by atoms with Crippen LogP contribution in [-0.4, -0.2) is 44.3 Å². The first-order valence-corrected chi connectivity index (χ1v) is 7.89. The molecule has 1 amide bonds. The molecule has 0 spiro atoms. The van der Waals surface area contributed by atoms with E-state index in [-0.39, 0.29) is 12.2 Å². The summed E-state index contributed by atoms with van der Waals surface area (Å²) in [4.78, 5) is 49.3. The maximum atomic E-state index is 12.8. The van der Waals surface area contributed by atoms with Gasteiger partial charge in [-0.15, -0.1) is 0 Å². The molecule has 0 bridgehead atoms. The third-order valence-electron chi connectivity index (χ3n) is 4.29. The normalized spacial score (nSPS) is 17.0. The molecule has 1 atom stereocenters. The largest absolute Gasteiger partial charge is 0.347 e. The Kier molecular flexibility index (Phi) is 4.37. The van der Waals surface area contributed by atoms with Gasteiger partial charge in [0.15, 0.2) is 0 Å². The Balaban J connectivity index is 2.14. The maximum absolute atomic E-state index is 12.8. The summed E-state index contributed by atoms with van der Waals surface area (Å²) in [7, 11) is 2.73. The van der Waals surface area contributed by atoms with Gasteiger partial charge in [0.2, 0.25) is 5.78 Å². The molecule has 0 saturated heterocycles. The van der Waals surface area contributed by atoms with E-state index in [9.17, 15) is 19.2 Å². The number of amides is 1. The number of ketones is 1. The Hall–Kier alpha value is -3.36. The van der Waals surface area contributed by atoms with Crippen LogP contribution in [0.2, 0.25) is 0 Å². The lowest BCUT2D eigenvalue weighted by atomic mass is 10.00. The van der Waals surface area contributed by atoms with E-state index in [0.29, 0.717) is 0 Å². The van der Waals surface area contributed by atoms with Crippen molar-refractivity contribution < 1.29 is 9.59 Å². The van der Waals surface area contributed by atoms with Gasteiger partial charge in [0.1, 0.15) is 11.6 Å². The number of nitrogens with zero attached hydrogens (tertiary/aromatic N) is 5. The van der Waals surface area contributed by atoms with Crippen molar-refractivity contribution in [2.24, 2.45) is 12.1 Å². The molecule has 9 heteroatoms. The Morgan fingerprint density at radius 3 is 2.46 bits per heavy atom. The number of carbonyl (C=O) groups excluding carboxylic acids is 2. The van der Waals surface area contributed by atoms with Crippen molar-refractivity contribution in [3.63, 3.8) is 0 Å². The molecule has 1 aliphatic heterocycles. The van der Waals surface area contributed by atoms with Crippen molar-refractivity contribution in [3.05, 3.63) is 61.9 Å². The molecule has 1 unspecified atom stereocenters. The maximum Gasteiger partial charge on any atom is 0.347 e. The first-order valence-electron chi connectivity index (χ1n) is 7.89. The number of Topliss-reactive ketones (excluding diaryl/α,β-unsaturated/α-hetero) is 1. The van der Waals surface area contributed by atoms with Crippen molar-refractivity contribution in [2.75, 3.05) is 7.05 Å². The minimum atomic E-state index is -1.21. The third kappa shape index (κ3) is 2.87. The average molecular weight is 355 g/mol. The Morgan fingerprint density at radius 2 is 1.77 bits per heavy atom. The summed E-state index contributed by atoms with van der Waals surface area (Å²) in [5.41, 5.74) is 0.204. The highest BCUT2D eigenvalue weighted by Gasteiger charge is 2.35. The predicted molar refractivity (Wildman–Crippen MR) is 93.0 cm³/mol. The quantitative estimate of drug-likeness (QED) is 0.684. The Morgan fingerprint density at radius 1 is 1.08 bits per heavy atom. The number of hydrogen-bond acceptors (Lipinski definition) is 6. The molecule has 2 heterocycles. The molecular formula is C17H17N5O4. The van der Waals surface area contributed by atoms with E-state index >= 15 is 0 Å². The molecule has 3 rings (SSSR count). The predicted octanol–water partition coefficient (Wildman–Crippen LogP) is -0.591. The zero-order valence-electron chi connectivity index (χ0n) is 14.5. The number of hydrazone groups is 1. The van der Waals surface area contributed by atoms with Crippen LogP contribution in [-0.2, 0) is 23.2 Å². The van der Waals surface area contributed by atoms with Crippen molar-refractivity contribution in [3.8, 4) is 0 Å². The van der Waals surface area contributed by atoms with Crippen molar-refractivity contribution >= 4 is 17.9 Å². The van der Waals surface area contributed by atoms with Crippen LogP contribution in [0.1, 0.15) is 22.7 Å². The second-order valence-electron chi connectivity index (χ2n) is 6.04. The fraction of sp³-hybridized carbons (Fsp3) is 0.294. The van der Waals surface area contributed by atoms with E-state index in [4.69, 9.17) is 0 Å². The monoisotopic (exact) mass is 355 g/mol. The first-order chi connectivity index (χ1) is 12.3. The van der Waals surface area contributed by atoms with Gasteiger partial charge in [-0.3, -0.25) is 19.0 Å². The van der Waals surface area contributed by atoms with E-state index in [1.165, 1.54) is 20.3 Å². The van der Waals surface area contributed by atoms with Crippen LogP contribution in [0.25, 0.3) is 0 Å². The number of hydrogen-bond donors (Lipinski definition) is 0. The molecule has 26 heavy (non-hydrogen) atoms. The fourth-order valence-electron chi connectivity index (χ4n) is 2.71.